The highest BCUT2D eigenvalue weighted by molar-refractivity contribution is 7.93. The molecule has 0 bridgehead atoms. The van der Waals surface area contributed by atoms with E-state index in [1.54, 1.807) is 36.4 Å². The zero-order chi connectivity index (χ0) is 12.8. The second-order valence-corrected chi connectivity index (χ2v) is 7.13. The van der Waals surface area contributed by atoms with Gasteiger partial charge in [-0.25, -0.2) is 8.42 Å². The molecule has 3 rings (SSSR count). The summed E-state index contributed by atoms with van der Waals surface area (Å²) >= 11 is 0. The molecule has 1 fully saturated rings. The highest BCUT2D eigenvalue weighted by atomic mass is 32.2. The number of benzene rings is 1. The minimum absolute atomic E-state index is 0.143. The Hall–Kier alpha value is -1.42. The number of rotatable bonds is 2. The van der Waals surface area contributed by atoms with E-state index in [1.807, 2.05) is 0 Å². The first-order valence-electron chi connectivity index (χ1n) is 6.11. The average Bonchev–Trinajstić information content (AvgIpc) is 2.93. The Bertz CT molecular complexity index is 616. The molecule has 1 aromatic carbocycles. The minimum Gasteiger partial charge on any atom is -0.293 e. The molecule has 0 amide bonds. The summed E-state index contributed by atoms with van der Waals surface area (Å²) in [4.78, 5) is 12.4. The third-order valence-electron chi connectivity index (χ3n) is 4.09. The number of allylic oxidation sites excluding steroid dienone is 2. The van der Waals surface area contributed by atoms with Crippen LogP contribution in [-0.2, 0) is 14.6 Å². The number of carbonyl (C=O) groups is 1. The summed E-state index contributed by atoms with van der Waals surface area (Å²) in [5.74, 6) is -0.385. The first kappa shape index (κ1) is 11.7. The average molecular weight is 262 g/mol. The second kappa shape index (κ2) is 3.79. The van der Waals surface area contributed by atoms with Crippen LogP contribution in [0.1, 0.15) is 19.3 Å². The van der Waals surface area contributed by atoms with E-state index in [9.17, 15) is 13.2 Å². The summed E-state index contributed by atoms with van der Waals surface area (Å²) in [6.07, 6.45) is 5.25. The van der Waals surface area contributed by atoms with Gasteiger partial charge in [0.1, 0.15) is 4.75 Å². The van der Waals surface area contributed by atoms with Gasteiger partial charge in [0.2, 0.25) is 0 Å². The van der Waals surface area contributed by atoms with Crippen molar-refractivity contribution < 1.29 is 13.2 Å². The van der Waals surface area contributed by atoms with Crippen molar-refractivity contribution in [3.63, 3.8) is 0 Å². The molecule has 2 unspecified atom stereocenters. The van der Waals surface area contributed by atoms with Crippen LogP contribution in [0.3, 0.4) is 0 Å². The van der Waals surface area contributed by atoms with E-state index in [0.29, 0.717) is 6.42 Å². The smallest absolute Gasteiger partial charge is 0.192 e. The maximum absolute atomic E-state index is 12.8. The maximum Gasteiger partial charge on any atom is 0.192 e. The molecule has 0 heterocycles. The van der Waals surface area contributed by atoms with Crippen molar-refractivity contribution in [1.29, 1.82) is 0 Å². The minimum atomic E-state index is -3.60. The molecule has 2 aliphatic carbocycles. The van der Waals surface area contributed by atoms with Gasteiger partial charge in [-0.3, -0.25) is 4.79 Å². The fraction of sp³-hybridized carbons (Fsp3) is 0.357. The van der Waals surface area contributed by atoms with Gasteiger partial charge in [-0.05, 0) is 31.1 Å². The Kier molecular flexibility index (Phi) is 2.45. The van der Waals surface area contributed by atoms with Crippen LogP contribution in [0, 0.1) is 5.92 Å². The van der Waals surface area contributed by atoms with Gasteiger partial charge in [-0.2, -0.15) is 0 Å². The van der Waals surface area contributed by atoms with Crippen molar-refractivity contribution in [3.05, 3.63) is 42.5 Å². The molecule has 2 aliphatic rings. The standard InChI is InChI=1S/C14H14O3S/c15-13-9-8-11-5-4-10-14(11,13)18(16,17)12-6-2-1-3-7-12/h1-3,6-9,11H,4-5,10H2. The molecule has 1 saturated carbocycles. The van der Waals surface area contributed by atoms with Crippen LogP contribution >= 0.6 is 0 Å². The normalized spacial score (nSPS) is 30.7. The molecule has 0 radical (unpaired) electrons. The second-order valence-electron chi connectivity index (χ2n) is 4.93. The van der Waals surface area contributed by atoms with Gasteiger partial charge in [-0.1, -0.05) is 30.7 Å². The lowest BCUT2D eigenvalue weighted by atomic mass is 9.98. The Labute approximate surface area is 106 Å². The quantitative estimate of drug-likeness (QED) is 0.820. The van der Waals surface area contributed by atoms with Gasteiger partial charge in [0.25, 0.3) is 0 Å². The van der Waals surface area contributed by atoms with Crippen molar-refractivity contribution in [1.82, 2.24) is 0 Å². The van der Waals surface area contributed by atoms with Crippen LogP contribution in [0.15, 0.2) is 47.4 Å². The first-order chi connectivity index (χ1) is 8.59. The summed E-state index contributed by atoms with van der Waals surface area (Å²) in [5.41, 5.74) is 0. The van der Waals surface area contributed by atoms with Crippen LogP contribution in [0.5, 0.6) is 0 Å². The molecule has 2 atom stereocenters. The molecule has 4 heteroatoms. The van der Waals surface area contributed by atoms with Gasteiger partial charge >= 0.3 is 0 Å². The largest absolute Gasteiger partial charge is 0.293 e. The van der Waals surface area contributed by atoms with Gasteiger partial charge in [0.15, 0.2) is 15.6 Å². The first-order valence-corrected chi connectivity index (χ1v) is 7.60. The summed E-state index contributed by atoms with van der Waals surface area (Å²) in [6.45, 7) is 0. The number of ketones is 1. The number of carbonyl (C=O) groups excluding carboxylic acids is 1. The summed E-state index contributed by atoms with van der Waals surface area (Å²) < 4.78 is 24.4. The van der Waals surface area contributed by atoms with Crippen LogP contribution in [0.4, 0.5) is 0 Å². The molecule has 0 aliphatic heterocycles. The van der Waals surface area contributed by atoms with Crippen molar-refractivity contribution in [2.45, 2.75) is 28.9 Å². The molecule has 0 aromatic heterocycles. The predicted octanol–water partition coefficient (Wildman–Crippen LogP) is 2.14. The topological polar surface area (TPSA) is 51.2 Å². The third-order valence-corrected chi connectivity index (χ3v) is 6.65. The molecule has 18 heavy (non-hydrogen) atoms. The van der Waals surface area contributed by atoms with E-state index in [-0.39, 0.29) is 16.6 Å². The number of hydrogen-bond acceptors (Lipinski definition) is 3. The van der Waals surface area contributed by atoms with Gasteiger partial charge in [0.05, 0.1) is 4.90 Å². The van der Waals surface area contributed by atoms with Crippen molar-refractivity contribution >= 4 is 15.6 Å². The predicted molar refractivity (Wildman–Crippen MR) is 67.8 cm³/mol. The van der Waals surface area contributed by atoms with Crippen molar-refractivity contribution in [3.8, 4) is 0 Å². The maximum atomic E-state index is 12.8. The lowest BCUT2D eigenvalue weighted by Gasteiger charge is -2.27. The summed E-state index contributed by atoms with van der Waals surface area (Å²) in [7, 11) is -3.60. The van der Waals surface area contributed by atoms with Gasteiger partial charge in [0, 0.05) is 5.92 Å². The molecule has 0 saturated heterocycles. The van der Waals surface area contributed by atoms with Crippen LogP contribution in [0.2, 0.25) is 0 Å². The molecule has 3 nitrogen and oxygen atoms in total. The fourth-order valence-electron chi connectivity index (χ4n) is 3.18. The highest BCUT2D eigenvalue weighted by Gasteiger charge is 2.59. The fourth-order valence-corrected chi connectivity index (χ4v) is 5.46. The Morgan fingerprint density at radius 3 is 2.61 bits per heavy atom. The lowest BCUT2D eigenvalue weighted by Crippen LogP contribution is -2.45. The van der Waals surface area contributed by atoms with Crippen LogP contribution < -0.4 is 0 Å². The number of hydrogen-bond donors (Lipinski definition) is 0. The molecule has 94 valence electrons. The molecule has 0 N–H and O–H groups in total. The molecular weight excluding hydrogens is 248 g/mol. The zero-order valence-electron chi connectivity index (χ0n) is 9.87. The molecular formula is C14H14O3S. The van der Waals surface area contributed by atoms with E-state index in [0.717, 1.165) is 12.8 Å². The van der Waals surface area contributed by atoms with Crippen molar-refractivity contribution in [2.75, 3.05) is 0 Å². The third kappa shape index (κ3) is 1.29. The Morgan fingerprint density at radius 2 is 1.89 bits per heavy atom. The monoisotopic (exact) mass is 262 g/mol. The lowest BCUT2D eigenvalue weighted by molar-refractivity contribution is -0.116. The SMILES string of the molecule is O=C1C=CC2CCCC12S(=O)(=O)c1ccccc1. The van der Waals surface area contributed by atoms with E-state index >= 15 is 0 Å². The van der Waals surface area contributed by atoms with E-state index < -0.39 is 14.6 Å². The number of fused-ring (bicyclic) bond motifs is 1. The Balaban J connectivity index is 2.18. The molecule has 1 aromatic rings. The van der Waals surface area contributed by atoms with E-state index in [4.69, 9.17) is 0 Å². The van der Waals surface area contributed by atoms with Gasteiger partial charge < -0.3 is 0 Å². The summed E-state index contributed by atoms with van der Waals surface area (Å²) in [6, 6.07) is 8.31. The highest BCUT2D eigenvalue weighted by Crippen LogP contribution is 2.49. The van der Waals surface area contributed by atoms with Crippen LogP contribution in [-0.4, -0.2) is 18.9 Å². The number of sulfone groups is 1. The molecule has 0 spiro atoms. The van der Waals surface area contributed by atoms with Gasteiger partial charge in [-0.15, -0.1) is 0 Å². The van der Waals surface area contributed by atoms with Crippen molar-refractivity contribution in [2.24, 2.45) is 5.92 Å². The van der Waals surface area contributed by atoms with E-state index in [2.05, 4.69) is 0 Å². The Morgan fingerprint density at radius 1 is 1.17 bits per heavy atom. The zero-order valence-corrected chi connectivity index (χ0v) is 10.7. The van der Waals surface area contributed by atoms with E-state index in [1.165, 1.54) is 6.08 Å². The summed E-state index contributed by atoms with van der Waals surface area (Å²) in [5, 5.41) is 0. The van der Waals surface area contributed by atoms with Crippen LogP contribution in [0.25, 0.3) is 0 Å².